The van der Waals surface area contributed by atoms with Crippen molar-refractivity contribution >= 4 is 0 Å². The van der Waals surface area contributed by atoms with Crippen LogP contribution in [0.3, 0.4) is 0 Å². The van der Waals surface area contributed by atoms with E-state index in [1.54, 1.807) is 0 Å². The molecule has 2 heterocycles. The van der Waals surface area contributed by atoms with Crippen LogP contribution < -0.4 is 17.1 Å². The molecule has 7 nitrogen and oxygen atoms in total. The first-order valence-electron chi connectivity index (χ1n) is 4.51. The van der Waals surface area contributed by atoms with E-state index >= 15 is 0 Å². The molecule has 0 aromatic carbocycles. The highest BCUT2D eigenvalue weighted by Crippen LogP contribution is 2.08. The van der Waals surface area contributed by atoms with Crippen molar-refractivity contribution in [1.82, 2.24) is 13.7 Å². The lowest BCUT2D eigenvalue weighted by Crippen LogP contribution is -2.53. The summed E-state index contributed by atoms with van der Waals surface area (Å²) in [6.07, 6.45) is -0.0760. The number of aromatic nitrogens is 3. The molecule has 7 heteroatoms. The fraction of sp³-hybridized carbons (Fsp3) is 0.625. The van der Waals surface area contributed by atoms with Crippen molar-refractivity contribution in [3.05, 3.63) is 31.5 Å². The molecule has 0 aliphatic carbocycles. The molecular weight excluding hydrogens is 202 g/mol. The minimum Gasteiger partial charge on any atom is -0.371 e. The standard InChI is InChI=1S/C8H11N3O4/c1-9-6(12)10(2)8(14)11(7(9)13)3-5-4-15-5/h5H,3-4H2,1-2H3/t5-/m1/s1. The van der Waals surface area contributed by atoms with Gasteiger partial charge in [-0.15, -0.1) is 0 Å². The molecule has 0 bridgehead atoms. The van der Waals surface area contributed by atoms with Gasteiger partial charge >= 0.3 is 17.1 Å². The summed E-state index contributed by atoms with van der Waals surface area (Å²) in [6, 6.07) is 0. The summed E-state index contributed by atoms with van der Waals surface area (Å²) in [5, 5.41) is 0. The van der Waals surface area contributed by atoms with E-state index in [1.807, 2.05) is 0 Å². The predicted octanol–water partition coefficient (Wildman–Crippen LogP) is -2.36. The second-order valence-corrected chi connectivity index (χ2v) is 3.53. The van der Waals surface area contributed by atoms with E-state index in [9.17, 15) is 14.4 Å². The van der Waals surface area contributed by atoms with Crippen LogP contribution >= 0.6 is 0 Å². The second-order valence-electron chi connectivity index (χ2n) is 3.53. The second kappa shape index (κ2) is 3.20. The van der Waals surface area contributed by atoms with Crippen molar-refractivity contribution in [2.75, 3.05) is 6.61 Å². The third-order valence-electron chi connectivity index (χ3n) is 2.40. The number of hydrogen-bond acceptors (Lipinski definition) is 4. The first-order chi connectivity index (χ1) is 7.02. The summed E-state index contributed by atoms with van der Waals surface area (Å²) in [5.41, 5.74) is -1.81. The van der Waals surface area contributed by atoms with Gasteiger partial charge in [0.1, 0.15) is 0 Å². The normalized spacial score (nSPS) is 19.2. The molecule has 0 radical (unpaired) electrons. The summed E-state index contributed by atoms with van der Waals surface area (Å²) in [5.74, 6) is 0. The van der Waals surface area contributed by atoms with Gasteiger partial charge < -0.3 is 4.74 Å². The van der Waals surface area contributed by atoms with E-state index < -0.39 is 17.1 Å². The van der Waals surface area contributed by atoms with Gasteiger partial charge in [0.15, 0.2) is 0 Å². The van der Waals surface area contributed by atoms with Crippen molar-refractivity contribution in [3.63, 3.8) is 0 Å². The first-order valence-corrected chi connectivity index (χ1v) is 4.51. The molecule has 0 spiro atoms. The lowest BCUT2D eigenvalue weighted by atomic mass is 10.5. The molecule has 1 saturated heterocycles. The van der Waals surface area contributed by atoms with E-state index in [1.165, 1.54) is 14.1 Å². The SMILES string of the molecule is Cn1c(=O)n(C)c(=O)n(C[C@@H]2CO2)c1=O. The fourth-order valence-electron chi connectivity index (χ4n) is 1.37. The number of epoxide rings is 1. The Bertz CT molecular complexity index is 520. The first kappa shape index (κ1) is 9.91. The highest BCUT2D eigenvalue weighted by atomic mass is 16.6. The monoisotopic (exact) mass is 213 g/mol. The van der Waals surface area contributed by atoms with E-state index in [0.717, 1.165) is 13.7 Å². The van der Waals surface area contributed by atoms with Gasteiger partial charge in [0.2, 0.25) is 0 Å². The van der Waals surface area contributed by atoms with Gasteiger partial charge in [0.05, 0.1) is 19.3 Å². The van der Waals surface area contributed by atoms with Crippen molar-refractivity contribution in [2.24, 2.45) is 14.1 Å². The summed E-state index contributed by atoms with van der Waals surface area (Å²) >= 11 is 0. The fourth-order valence-corrected chi connectivity index (χ4v) is 1.37. The Morgan fingerprint density at radius 1 is 1.13 bits per heavy atom. The van der Waals surface area contributed by atoms with Gasteiger partial charge in [-0.2, -0.15) is 0 Å². The molecule has 82 valence electrons. The zero-order chi connectivity index (χ0) is 11.2. The smallest absolute Gasteiger partial charge is 0.336 e. The van der Waals surface area contributed by atoms with Crippen molar-refractivity contribution in [3.8, 4) is 0 Å². The van der Waals surface area contributed by atoms with Crippen LogP contribution in [0.2, 0.25) is 0 Å². The average molecular weight is 213 g/mol. The number of hydrogen-bond donors (Lipinski definition) is 0. The topological polar surface area (TPSA) is 78.5 Å². The van der Waals surface area contributed by atoms with E-state index in [0.29, 0.717) is 6.61 Å². The molecule has 2 rings (SSSR count). The maximum Gasteiger partial charge on any atom is 0.336 e. The van der Waals surface area contributed by atoms with Crippen molar-refractivity contribution in [2.45, 2.75) is 12.6 Å². The highest BCUT2D eigenvalue weighted by Gasteiger charge is 2.25. The molecule has 1 aliphatic heterocycles. The molecular formula is C8H11N3O4. The van der Waals surface area contributed by atoms with Crippen LogP contribution in [0, 0.1) is 0 Å². The van der Waals surface area contributed by atoms with Crippen LogP contribution in [0.25, 0.3) is 0 Å². The van der Waals surface area contributed by atoms with Gasteiger partial charge in [-0.3, -0.25) is 0 Å². The minimum atomic E-state index is -0.613. The molecule has 0 saturated carbocycles. The Kier molecular flexibility index (Phi) is 2.11. The maximum atomic E-state index is 11.6. The van der Waals surface area contributed by atoms with Crippen molar-refractivity contribution < 1.29 is 4.74 Å². The van der Waals surface area contributed by atoms with Crippen LogP contribution in [-0.4, -0.2) is 26.4 Å². The molecule has 15 heavy (non-hydrogen) atoms. The summed E-state index contributed by atoms with van der Waals surface area (Å²) < 4.78 is 7.76. The molecule has 1 aliphatic rings. The van der Waals surface area contributed by atoms with E-state index in [2.05, 4.69) is 0 Å². The summed E-state index contributed by atoms with van der Waals surface area (Å²) in [6.45, 7) is 0.762. The highest BCUT2D eigenvalue weighted by molar-refractivity contribution is 4.80. The van der Waals surface area contributed by atoms with Crippen LogP contribution in [-0.2, 0) is 25.4 Å². The summed E-state index contributed by atoms with van der Waals surface area (Å²) in [7, 11) is 2.68. The molecule has 1 aromatic heterocycles. The van der Waals surface area contributed by atoms with Gasteiger partial charge in [-0.25, -0.2) is 28.1 Å². The lowest BCUT2D eigenvalue weighted by molar-refractivity contribution is 0.365. The average Bonchev–Trinajstić information content (AvgIpc) is 3.02. The molecule has 0 unspecified atom stereocenters. The number of nitrogens with zero attached hydrogens (tertiary/aromatic N) is 3. The van der Waals surface area contributed by atoms with Crippen LogP contribution in [0.15, 0.2) is 14.4 Å². The lowest BCUT2D eigenvalue weighted by Gasteiger charge is -2.06. The van der Waals surface area contributed by atoms with Gasteiger partial charge in [-0.05, 0) is 0 Å². The largest absolute Gasteiger partial charge is 0.371 e. The Morgan fingerprint density at radius 2 is 1.60 bits per heavy atom. The third kappa shape index (κ3) is 1.54. The van der Waals surface area contributed by atoms with Crippen LogP contribution in [0.5, 0.6) is 0 Å². The molecule has 0 amide bonds. The third-order valence-corrected chi connectivity index (χ3v) is 2.40. The maximum absolute atomic E-state index is 11.6. The van der Waals surface area contributed by atoms with E-state index in [-0.39, 0.29) is 12.6 Å². The van der Waals surface area contributed by atoms with Gasteiger partial charge in [0, 0.05) is 14.1 Å². The van der Waals surface area contributed by atoms with Gasteiger partial charge in [-0.1, -0.05) is 0 Å². The number of rotatable bonds is 2. The summed E-state index contributed by atoms with van der Waals surface area (Å²) in [4.78, 5) is 34.5. The molecule has 1 fully saturated rings. The zero-order valence-electron chi connectivity index (χ0n) is 8.47. The molecule has 1 atom stereocenters. The molecule has 1 aromatic rings. The predicted molar refractivity (Wildman–Crippen MR) is 50.9 cm³/mol. The Morgan fingerprint density at radius 3 is 2.00 bits per heavy atom. The minimum absolute atomic E-state index is 0.0760. The van der Waals surface area contributed by atoms with Crippen LogP contribution in [0.4, 0.5) is 0 Å². The van der Waals surface area contributed by atoms with E-state index in [4.69, 9.17) is 4.74 Å². The Labute approximate surface area is 84.1 Å². The zero-order valence-corrected chi connectivity index (χ0v) is 8.47. The Balaban J connectivity index is 2.67. The van der Waals surface area contributed by atoms with Gasteiger partial charge in [0.25, 0.3) is 0 Å². The quantitative estimate of drug-likeness (QED) is 0.515. The van der Waals surface area contributed by atoms with Crippen LogP contribution in [0.1, 0.15) is 0 Å². The molecule has 0 N–H and O–H groups in total. The Hall–Kier alpha value is -1.63. The van der Waals surface area contributed by atoms with Crippen molar-refractivity contribution in [1.29, 1.82) is 0 Å². The number of ether oxygens (including phenoxy) is 1.